The second-order valence-corrected chi connectivity index (χ2v) is 7.13. The van der Waals surface area contributed by atoms with Gasteiger partial charge in [-0.05, 0) is 18.1 Å². The van der Waals surface area contributed by atoms with E-state index in [1.807, 2.05) is 39.6 Å². The summed E-state index contributed by atoms with van der Waals surface area (Å²) in [4.78, 5) is 22.9. The van der Waals surface area contributed by atoms with E-state index in [2.05, 4.69) is 23.8 Å². The molecule has 0 aliphatic carbocycles. The highest BCUT2D eigenvalue weighted by Gasteiger charge is 2.26. The van der Waals surface area contributed by atoms with Crippen molar-refractivity contribution in [3.05, 3.63) is 42.6 Å². The van der Waals surface area contributed by atoms with E-state index in [9.17, 15) is 4.79 Å². The topological polar surface area (TPSA) is 51.0 Å². The molecule has 0 aromatic carbocycles. The summed E-state index contributed by atoms with van der Waals surface area (Å²) in [6, 6.07) is 3.70. The highest BCUT2D eigenvalue weighted by molar-refractivity contribution is 8.00. The summed E-state index contributed by atoms with van der Waals surface area (Å²) >= 11 is 1.97. The Hall–Kier alpha value is -1.82. The predicted octanol–water partition coefficient (Wildman–Crippen LogP) is 2.48. The average Bonchev–Trinajstić information content (AvgIpc) is 3.09. The van der Waals surface area contributed by atoms with Crippen molar-refractivity contribution in [1.82, 2.24) is 19.4 Å². The third kappa shape index (κ3) is 3.16. The molecule has 1 saturated heterocycles. The predicted molar refractivity (Wildman–Crippen MR) is 88.3 cm³/mol. The van der Waals surface area contributed by atoms with Crippen LogP contribution in [0.3, 0.4) is 0 Å². The summed E-state index contributed by atoms with van der Waals surface area (Å²) < 4.78 is 1.82. The lowest BCUT2D eigenvalue weighted by Gasteiger charge is -2.34. The van der Waals surface area contributed by atoms with Crippen LogP contribution in [0, 0.1) is 5.92 Å². The largest absolute Gasteiger partial charge is 0.337 e. The van der Waals surface area contributed by atoms with Crippen LogP contribution in [0.1, 0.15) is 24.2 Å². The van der Waals surface area contributed by atoms with E-state index < -0.39 is 0 Å². The number of pyridine rings is 1. The summed E-state index contributed by atoms with van der Waals surface area (Å²) in [6.07, 6.45) is 6.89. The Morgan fingerprint density at radius 1 is 1.41 bits per heavy atom. The van der Waals surface area contributed by atoms with Crippen LogP contribution < -0.4 is 0 Å². The lowest BCUT2D eigenvalue weighted by Crippen LogP contribution is -2.43. The second kappa shape index (κ2) is 6.52. The van der Waals surface area contributed by atoms with Crippen LogP contribution in [0.4, 0.5) is 0 Å². The molecular formula is C16H20N4OS. The fraction of sp³-hybridized carbons (Fsp3) is 0.438. The smallest absolute Gasteiger partial charge is 0.255 e. The highest BCUT2D eigenvalue weighted by atomic mass is 32.2. The molecule has 2 aromatic rings. The van der Waals surface area contributed by atoms with Crippen molar-refractivity contribution in [2.24, 2.45) is 5.92 Å². The molecule has 0 radical (unpaired) electrons. The van der Waals surface area contributed by atoms with E-state index in [1.165, 1.54) is 0 Å². The number of aromatic nitrogens is 3. The molecule has 1 aliphatic heterocycles. The van der Waals surface area contributed by atoms with E-state index in [1.54, 1.807) is 18.7 Å². The van der Waals surface area contributed by atoms with Crippen molar-refractivity contribution in [3.8, 4) is 5.82 Å². The second-order valence-electron chi connectivity index (χ2n) is 5.78. The number of rotatable bonds is 3. The first-order valence-corrected chi connectivity index (χ1v) is 8.55. The fourth-order valence-electron chi connectivity index (χ4n) is 2.51. The van der Waals surface area contributed by atoms with Crippen LogP contribution in [-0.4, -0.2) is 49.4 Å². The van der Waals surface area contributed by atoms with Crippen molar-refractivity contribution in [3.63, 3.8) is 0 Å². The molecule has 1 aliphatic rings. The van der Waals surface area contributed by atoms with E-state index in [0.29, 0.717) is 16.7 Å². The van der Waals surface area contributed by atoms with Gasteiger partial charge in [0, 0.05) is 42.7 Å². The number of carbonyl (C=O) groups is 1. The lowest BCUT2D eigenvalue weighted by molar-refractivity contribution is 0.0755. The molecule has 5 nitrogen and oxygen atoms in total. The Balaban J connectivity index is 1.72. The molecule has 0 spiro atoms. The quantitative estimate of drug-likeness (QED) is 0.873. The van der Waals surface area contributed by atoms with Gasteiger partial charge in [0.2, 0.25) is 0 Å². The molecule has 116 valence electrons. The van der Waals surface area contributed by atoms with Gasteiger partial charge in [0.25, 0.3) is 5.91 Å². The lowest BCUT2D eigenvalue weighted by atomic mass is 10.1. The minimum absolute atomic E-state index is 0.0793. The van der Waals surface area contributed by atoms with Gasteiger partial charge in [-0.3, -0.25) is 9.36 Å². The summed E-state index contributed by atoms with van der Waals surface area (Å²) in [7, 11) is 0. The maximum atomic E-state index is 12.6. The Bertz CT molecular complexity index is 624. The van der Waals surface area contributed by atoms with Crippen LogP contribution in [0.2, 0.25) is 0 Å². The van der Waals surface area contributed by atoms with Crippen LogP contribution in [0.5, 0.6) is 0 Å². The molecule has 0 bridgehead atoms. The van der Waals surface area contributed by atoms with Gasteiger partial charge in [0.05, 0.1) is 5.56 Å². The van der Waals surface area contributed by atoms with Gasteiger partial charge in [-0.1, -0.05) is 13.8 Å². The Morgan fingerprint density at radius 2 is 2.27 bits per heavy atom. The van der Waals surface area contributed by atoms with Crippen LogP contribution in [-0.2, 0) is 0 Å². The molecule has 22 heavy (non-hydrogen) atoms. The van der Waals surface area contributed by atoms with Gasteiger partial charge in [0.1, 0.15) is 12.1 Å². The van der Waals surface area contributed by atoms with Crippen molar-refractivity contribution < 1.29 is 4.79 Å². The van der Waals surface area contributed by atoms with Gasteiger partial charge in [-0.25, -0.2) is 9.97 Å². The van der Waals surface area contributed by atoms with Crippen molar-refractivity contribution >= 4 is 17.7 Å². The standard InChI is InChI=1S/C16H20N4OS/c1-12(2)14-10-19(7-8-22-14)16(21)13-3-4-15(18-9-13)20-6-5-17-11-20/h3-6,9,11-12,14H,7-8,10H2,1-2H3. The number of hydrogen-bond donors (Lipinski definition) is 0. The third-order valence-corrected chi connectivity index (χ3v) is 5.43. The summed E-state index contributed by atoms with van der Waals surface area (Å²) in [5.41, 5.74) is 0.651. The summed E-state index contributed by atoms with van der Waals surface area (Å²) in [6.45, 7) is 6.07. The zero-order chi connectivity index (χ0) is 15.5. The van der Waals surface area contributed by atoms with Crippen LogP contribution in [0.15, 0.2) is 37.1 Å². The first-order valence-electron chi connectivity index (χ1n) is 7.50. The molecular weight excluding hydrogens is 296 g/mol. The molecule has 1 amide bonds. The Morgan fingerprint density at radius 3 is 2.91 bits per heavy atom. The maximum absolute atomic E-state index is 12.6. The molecule has 0 N–H and O–H groups in total. The molecule has 3 heterocycles. The molecule has 1 fully saturated rings. The van der Waals surface area contributed by atoms with Crippen molar-refractivity contribution in [2.75, 3.05) is 18.8 Å². The molecule has 2 aromatic heterocycles. The average molecular weight is 316 g/mol. The minimum Gasteiger partial charge on any atom is -0.337 e. The van der Waals surface area contributed by atoms with Gasteiger partial charge >= 0.3 is 0 Å². The monoisotopic (exact) mass is 316 g/mol. The normalized spacial score (nSPS) is 18.7. The zero-order valence-electron chi connectivity index (χ0n) is 12.8. The van der Waals surface area contributed by atoms with E-state index in [4.69, 9.17) is 0 Å². The number of thioether (sulfide) groups is 1. The number of carbonyl (C=O) groups excluding carboxylic acids is 1. The van der Waals surface area contributed by atoms with E-state index in [-0.39, 0.29) is 5.91 Å². The Kier molecular flexibility index (Phi) is 4.47. The Labute approximate surface area is 134 Å². The number of hydrogen-bond acceptors (Lipinski definition) is 4. The van der Waals surface area contributed by atoms with Gasteiger partial charge in [-0.2, -0.15) is 11.8 Å². The zero-order valence-corrected chi connectivity index (χ0v) is 13.7. The minimum atomic E-state index is 0.0793. The molecule has 3 rings (SSSR count). The van der Waals surface area contributed by atoms with Crippen molar-refractivity contribution in [1.29, 1.82) is 0 Å². The fourth-order valence-corrected chi connectivity index (χ4v) is 3.80. The summed E-state index contributed by atoms with van der Waals surface area (Å²) in [5.74, 6) is 2.44. The highest BCUT2D eigenvalue weighted by Crippen LogP contribution is 2.25. The van der Waals surface area contributed by atoms with Crippen molar-refractivity contribution in [2.45, 2.75) is 19.1 Å². The van der Waals surface area contributed by atoms with Gasteiger partial charge < -0.3 is 4.90 Å². The van der Waals surface area contributed by atoms with Gasteiger partial charge in [-0.15, -0.1) is 0 Å². The molecule has 1 atom stereocenters. The first-order chi connectivity index (χ1) is 10.6. The maximum Gasteiger partial charge on any atom is 0.255 e. The third-order valence-electron chi connectivity index (χ3n) is 3.89. The number of imidazole rings is 1. The molecule has 0 saturated carbocycles. The van der Waals surface area contributed by atoms with Crippen LogP contribution in [0.25, 0.3) is 5.82 Å². The molecule has 6 heteroatoms. The summed E-state index contributed by atoms with van der Waals surface area (Å²) in [5, 5.41) is 0.524. The van der Waals surface area contributed by atoms with E-state index in [0.717, 1.165) is 24.7 Å². The van der Waals surface area contributed by atoms with E-state index >= 15 is 0 Å². The number of nitrogens with zero attached hydrogens (tertiary/aromatic N) is 4. The van der Waals surface area contributed by atoms with Crippen LogP contribution >= 0.6 is 11.8 Å². The number of amides is 1. The SMILES string of the molecule is CC(C)C1CN(C(=O)c2ccc(-n3ccnc3)nc2)CCS1. The first kappa shape index (κ1) is 15.1. The van der Waals surface area contributed by atoms with Gasteiger partial charge in [0.15, 0.2) is 0 Å². The molecule has 1 unspecified atom stereocenters.